The van der Waals surface area contributed by atoms with Gasteiger partial charge in [0.05, 0.1) is 6.61 Å². The van der Waals surface area contributed by atoms with Crippen molar-refractivity contribution in [2.24, 2.45) is 0 Å². The molecule has 2 fully saturated rings. The van der Waals surface area contributed by atoms with E-state index in [1.807, 2.05) is 0 Å². The highest BCUT2D eigenvalue weighted by atomic mass is 16.5. The Bertz CT molecular complexity index is 434. The SMILES string of the molecule is CCNC1CC2CCC(C1)N2c1ccccc1COC. The molecular formula is C17H26N2O. The lowest BCUT2D eigenvalue weighted by atomic mass is 9.95. The highest BCUT2D eigenvalue weighted by molar-refractivity contribution is 5.56. The first-order valence-corrected chi connectivity index (χ1v) is 7.92. The number of benzene rings is 1. The summed E-state index contributed by atoms with van der Waals surface area (Å²) in [6.07, 6.45) is 5.25. The van der Waals surface area contributed by atoms with Crippen LogP contribution in [0.5, 0.6) is 0 Å². The molecule has 2 aliphatic rings. The number of nitrogens with zero attached hydrogens (tertiary/aromatic N) is 1. The second-order valence-corrected chi connectivity index (χ2v) is 6.08. The maximum atomic E-state index is 5.37. The Balaban J connectivity index is 1.82. The van der Waals surface area contributed by atoms with Crippen molar-refractivity contribution >= 4 is 5.69 Å². The number of anilines is 1. The van der Waals surface area contributed by atoms with E-state index in [1.54, 1.807) is 7.11 Å². The van der Waals surface area contributed by atoms with Crippen molar-refractivity contribution in [2.75, 3.05) is 18.6 Å². The summed E-state index contributed by atoms with van der Waals surface area (Å²) in [7, 11) is 1.78. The molecule has 0 radical (unpaired) electrons. The first-order valence-electron chi connectivity index (χ1n) is 7.92. The van der Waals surface area contributed by atoms with Gasteiger partial charge in [0.15, 0.2) is 0 Å². The number of rotatable bonds is 5. The number of fused-ring (bicyclic) bond motifs is 2. The molecule has 2 aliphatic heterocycles. The van der Waals surface area contributed by atoms with Gasteiger partial charge in [-0.05, 0) is 38.3 Å². The molecule has 2 bridgehead atoms. The van der Waals surface area contributed by atoms with Gasteiger partial charge < -0.3 is 15.0 Å². The van der Waals surface area contributed by atoms with Crippen LogP contribution in [0.3, 0.4) is 0 Å². The summed E-state index contributed by atoms with van der Waals surface area (Å²) in [5.41, 5.74) is 2.73. The van der Waals surface area contributed by atoms with Gasteiger partial charge in [-0.25, -0.2) is 0 Å². The third-order valence-corrected chi connectivity index (χ3v) is 4.80. The van der Waals surface area contributed by atoms with E-state index >= 15 is 0 Å². The molecule has 1 N–H and O–H groups in total. The van der Waals surface area contributed by atoms with Crippen molar-refractivity contribution in [3.05, 3.63) is 29.8 Å². The second-order valence-electron chi connectivity index (χ2n) is 6.08. The number of para-hydroxylation sites is 1. The van der Waals surface area contributed by atoms with Crippen molar-refractivity contribution in [2.45, 2.75) is 57.3 Å². The van der Waals surface area contributed by atoms with Crippen LogP contribution in [0.2, 0.25) is 0 Å². The zero-order valence-electron chi connectivity index (χ0n) is 12.6. The molecule has 2 heterocycles. The number of piperidine rings is 1. The molecule has 20 heavy (non-hydrogen) atoms. The minimum Gasteiger partial charge on any atom is -0.380 e. The van der Waals surface area contributed by atoms with Crippen molar-refractivity contribution in [3.8, 4) is 0 Å². The van der Waals surface area contributed by atoms with Crippen LogP contribution in [-0.2, 0) is 11.3 Å². The Kier molecular flexibility index (Phi) is 4.27. The van der Waals surface area contributed by atoms with Gasteiger partial charge in [0.2, 0.25) is 0 Å². The Morgan fingerprint density at radius 1 is 1.20 bits per heavy atom. The van der Waals surface area contributed by atoms with Gasteiger partial charge in [0.25, 0.3) is 0 Å². The normalized spacial score (nSPS) is 28.9. The largest absolute Gasteiger partial charge is 0.380 e. The summed E-state index contributed by atoms with van der Waals surface area (Å²) >= 11 is 0. The number of hydrogen-bond acceptors (Lipinski definition) is 3. The highest BCUT2D eigenvalue weighted by Crippen LogP contribution is 2.40. The minimum absolute atomic E-state index is 0.704. The summed E-state index contributed by atoms with van der Waals surface area (Å²) < 4.78 is 5.37. The molecule has 3 heteroatoms. The summed E-state index contributed by atoms with van der Waals surface area (Å²) in [5.74, 6) is 0. The van der Waals surface area contributed by atoms with Gasteiger partial charge in [-0.15, -0.1) is 0 Å². The van der Waals surface area contributed by atoms with E-state index in [2.05, 4.69) is 41.4 Å². The summed E-state index contributed by atoms with van der Waals surface area (Å²) in [6, 6.07) is 10.9. The molecule has 110 valence electrons. The topological polar surface area (TPSA) is 24.5 Å². The fraction of sp³-hybridized carbons (Fsp3) is 0.647. The van der Waals surface area contributed by atoms with Crippen LogP contribution < -0.4 is 10.2 Å². The van der Waals surface area contributed by atoms with Gasteiger partial charge >= 0.3 is 0 Å². The predicted octanol–water partition coefficient (Wildman–Crippen LogP) is 2.94. The predicted molar refractivity (Wildman–Crippen MR) is 83.1 cm³/mol. The Hall–Kier alpha value is -1.06. The summed E-state index contributed by atoms with van der Waals surface area (Å²) in [4.78, 5) is 2.68. The van der Waals surface area contributed by atoms with Gasteiger partial charge in [-0.2, -0.15) is 0 Å². The van der Waals surface area contributed by atoms with E-state index in [0.29, 0.717) is 24.7 Å². The maximum absolute atomic E-state index is 5.37. The molecule has 0 saturated carbocycles. The lowest BCUT2D eigenvalue weighted by molar-refractivity contribution is 0.185. The van der Waals surface area contributed by atoms with E-state index in [4.69, 9.17) is 4.74 Å². The number of ether oxygens (including phenoxy) is 1. The van der Waals surface area contributed by atoms with Crippen LogP contribution >= 0.6 is 0 Å². The number of hydrogen-bond donors (Lipinski definition) is 1. The first-order chi connectivity index (χ1) is 9.83. The minimum atomic E-state index is 0.704. The Morgan fingerprint density at radius 3 is 2.55 bits per heavy atom. The molecule has 2 unspecified atom stereocenters. The van der Waals surface area contributed by atoms with Gasteiger partial charge in [-0.1, -0.05) is 25.1 Å². The average Bonchev–Trinajstić information content (AvgIpc) is 2.72. The fourth-order valence-electron chi connectivity index (χ4n) is 4.07. The molecule has 0 aromatic heterocycles. The molecule has 0 spiro atoms. The molecule has 3 nitrogen and oxygen atoms in total. The van der Waals surface area contributed by atoms with E-state index in [0.717, 1.165) is 6.54 Å². The maximum Gasteiger partial charge on any atom is 0.0733 e. The molecule has 2 saturated heterocycles. The van der Waals surface area contributed by atoms with Crippen molar-refractivity contribution in [1.82, 2.24) is 5.32 Å². The van der Waals surface area contributed by atoms with Crippen LogP contribution in [0.1, 0.15) is 38.2 Å². The summed E-state index contributed by atoms with van der Waals surface area (Å²) in [5, 5.41) is 3.65. The van der Waals surface area contributed by atoms with Gasteiger partial charge in [-0.3, -0.25) is 0 Å². The lowest BCUT2D eigenvalue weighted by Crippen LogP contribution is -2.49. The van der Waals surface area contributed by atoms with E-state index < -0.39 is 0 Å². The molecule has 2 atom stereocenters. The second kappa shape index (κ2) is 6.15. The third-order valence-electron chi connectivity index (χ3n) is 4.80. The third kappa shape index (κ3) is 2.57. The molecule has 0 amide bonds. The zero-order valence-corrected chi connectivity index (χ0v) is 12.6. The molecule has 1 aromatic rings. The van der Waals surface area contributed by atoms with Gasteiger partial charge in [0.1, 0.15) is 0 Å². The molecular weight excluding hydrogens is 248 g/mol. The number of methoxy groups -OCH3 is 1. The van der Waals surface area contributed by atoms with Crippen molar-refractivity contribution in [3.63, 3.8) is 0 Å². The highest BCUT2D eigenvalue weighted by Gasteiger charge is 2.40. The number of nitrogens with one attached hydrogen (secondary N) is 1. The summed E-state index contributed by atoms with van der Waals surface area (Å²) in [6.45, 7) is 4.01. The van der Waals surface area contributed by atoms with Crippen LogP contribution in [0.25, 0.3) is 0 Å². The van der Waals surface area contributed by atoms with Crippen molar-refractivity contribution in [1.29, 1.82) is 0 Å². The average molecular weight is 274 g/mol. The Morgan fingerprint density at radius 2 is 1.90 bits per heavy atom. The van der Waals surface area contributed by atoms with Gasteiger partial charge in [0, 0.05) is 36.5 Å². The monoisotopic (exact) mass is 274 g/mol. The zero-order chi connectivity index (χ0) is 13.9. The van der Waals surface area contributed by atoms with Crippen LogP contribution in [0.4, 0.5) is 5.69 Å². The molecule has 0 aliphatic carbocycles. The van der Waals surface area contributed by atoms with Crippen LogP contribution in [0, 0.1) is 0 Å². The lowest BCUT2D eigenvalue weighted by Gasteiger charge is -2.41. The van der Waals surface area contributed by atoms with Crippen LogP contribution in [0.15, 0.2) is 24.3 Å². The first kappa shape index (κ1) is 13.9. The fourth-order valence-corrected chi connectivity index (χ4v) is 4.07. The smallest absolute Gasteiger partial charge is 0.0733 e. The van der Waals surface area contributed by atoms with E-state index in [1.165, 1.54) is 36.9 Å². The molecule has 1 aromatic carbocycles. The van der Waals surface area contributed by atoms with Crippen molar-refractivity contribution < 1.29 is 4.74 Å². The van der Waals surface area contributed by atoms with Crippen LogP contribution in [-0.4, -0.2) is 31.8 Å². The quantitative estimate of drug-likeness (QED) is 0.893. The molecule has 3 rings (SSSR count). The Labute approximate surface area is 122 Å². The van der Waals surface area contributed by atoms with E-state index in [-0.39, 0.29) is 0 Å². The van der Waals surface area contributed by atoms with E-state index in [9.17, 15) is 0 Å². The standard InChI is InChI=1S/C17H26N2O/c1-3-18-14-10-15-8-9-16(11-14)19(15)17-7-5-4-6-13(17)12-20-2/h4-7,14-16,18H,3,8-12H2,1-2H3.